The fraction of sp³-hybridized carbons (Fsp3) is 0.400. The fourth-order valence-electron chi connectivity index (χ4n) is 5.30. The average molecular weight is 518 g/mol. The maximum Gasteiger partial charge on any atom is 0.287 e. The molecule has 0 spiro atoms. The van der Waals surface area contributed by atoms with Crippen LogP contribution in [0.25, 0.3) is 22.1 Å². The largest absolute Gasteiger partial charge is 0.451 e. The van der Waals surface area contributed by atoms with Gasteiger partial charge in [-0.1, -0.05) is 55.9 Å². The fourth-order valence-corrected chi connectivity index (χ4v) is 5.93. The number of ketones is 1. The van der Waals surface area contributed by atoms with Crippen LogP contribution < -0.4 is 5.32 Å². The standard InChI is InChI=1S/C30H31NO5S/c1-3-29(16-17-29)20-27(32)30(14-6-4-5-7-15-30)31-28(33)26-19-23-9-8-22(18-25(23)36-26)21-10-12-24(13-11-21)37(2,34)35/h1,8-13,18-19H,4-7,14-17,20H2,2H3,(H,31,33). The van der Waals surface area contributed by atoms with Gasteiger partial charge in [-0.2, -0.15) is 0 Å². The topological polar surface area (TPSA) is 93.5 Å². The van der Waals surface area contributed by atoms with E-state index in [0.717, 1.165) is 55.0 Å². The van der Waals surface area contributed by atoms with Gasteiger partial charge in [-0.15, -0.1) is 6.42 Å². The molecule has 2 aliphatic rings. The summed E-state index contributed by atoms with van der Waals surface area (Å²) in [6, 6.07) is 13.9. The summed E-state index contributed by atoms with van der Waals surface area (Å²) in [6.45, 7) is 0. The normalized spacial score (nSPS) is 18.5. The van der Waals surface area contributed by atoms with Crippen LogP contribution in [0.2, 0.25) is 0 Å². The molecule has 192 valence electrons. The van der Waals surface area contributed by atoms with E-state index in [4.69, 9.17) is 10.8 Å². The van der Waals surface area contributed by atoms with Crippen molar-refractivity contribution in [2.45, 2.75) is 68.2 Å². The molecule has 0 radical (unpaired) electrons. The lowest BCUT2D eigenvalue weighted by Gasteiger charge is -2.33. The molecule has 2 aromatic carbocycles. The van der Waals surface area contributed by atoms with Crippen molar-refractivity contribution >= 4 is 32.5 Å². The Bertz CT molecular complexity index is 1500. The highest BCUT2D eigenvalue weighted by molar-refractivity contribution is 7.90. The van der Waals surface area contributed by atoms with Crippen LogP contribution in [0, 0.1) is 17.8 Å². The molecule has 1 amide bonds. The van der Waals surface area contributed by atoms with E-state index in [1.54, 1.807) is 30.3 Å². The number of amides is 1. The van der Waals surface area contributed by atoms with Gasteiger partial charge in [0, 0.05) is 23.5 Å². The van der Waals surface area contributed by atoms with Gasteiger partial charge in [-0.05, 0) is 61.1 Å². The van der Waals surface area contributed by atoms with Crippen LogP contribution in [-0.4, -0.2) is 31.9 Å². The van der Waals surface area contributed by atoms with Crippen LogP contribution in [0.4, 0.5) is 0 Å². The van der Waals surface area contributed by atoms with Crippen molar-refractivity contribution in [3.05, 3.63) is 54.3 Å². The number of hydrogen-bond donors (Lipinski definition) is 1. The number of fused-ring (bicyclic) bond motifs is 1. The molecule has 0 saturated heterocycles. The van der Waals surface area contributed by atoms with E-state index < -0.39 is 21.3 Å². The second-order valence-corrected chi connectivity index (χ2v) is 12.7. The number of carbonyl (C=O) groups is 2. The Hall–Kier alpha value is -3.37. The lowest BCUT2D eigenvalue weighted by Crippen LogP contribution is -2.54. The zero-order chi connectivity index (χ0) is 26.3. The number of furan rings is 1. The zero-order valence-electron chi connectivity index (χ0n) is 21.0. The Morgan fingerprint density at radius 2 is 1.59 bits per heavy atom. The first-order chi connectivity index (χ1) is 17.6. The van der Waals surface area contributed by atoms with Gasteiger partial charge in [0.1, 0.15) is 5.58 Å². The zero-order valence-corrected chi connectivity index (χ0v) is 21.8. The number of Topliss-reactive ketones (excluding diaryl/α,β-unsaturated/α-hetero) is 1. The molecule has 6 nitrogen and oxygen atoms in total. The number of sulfone groups is 1. The molecule has 5 rings (SSSR count). The number of terminal acetylenes is 1. The van der Waals surface area contributed by atoms with Gasteiger partial charge in [0.25, 0.3) is 5.91 Å². The smallest absolute Gasteiger partial charge is 0.287 e. The van der Waals surface area contributed by atoms with E-state index in [1.807, 2.05) is 18.2 Å². The highest BCUT2D eigenvalue weighted by Gasteiger charge is 2.48. The molecular formula is C30H31NO5S. The minimum Gasteiger partial charge on any atom is -0.451 e. The Morgan fingerprint density at radius 3 is 2.19 bits per heavy atom. The van der Waals surface area contributed by atoms with Crippen LogP contribution in [0.15, 0.2) is 57.8 Å². The quantitative estimate of drug-likeness (QED) is 0.321. The lowest BCUT2D eigenvalue weighted by molar-refractivity contribution is -0.126. The molecule has 0 atom stereocenters. The summed E-state index contributed by atoms with van der Waals surface area (Å²) in [7, 11) is -3.27. The van der Waals surface area contributed by atoms with E-state index in [0.29, 0.717) is 24.8 Å². The molecule has 2 saturated carbocycles. The van der Waals surface area contributed by atoms with E-state index in [-0.39, 0.29) is 21.9 Å². The highest BCUT2D eigenvalue weighted by atomic mass is 32.2. The molecule has 1 N–H and O–H groups in total. The van der Waals surface area contributed by atoms with Crippen molar-refractivity contribution < 1.29 is 22.4 Å². The number of rotatable bonds is 7. The number of carbonyl (C=O) groups excluding carboxylic acids is 2. The molecule has 7 heteroatoms. The Labute approximate surface area is 217 Å². The van der Waals surface area contributed by atoms with Gasteiger partial charge in [-0.3, -0.25) is 9.59 Å². The third kappa shape index (κ3) is 5.21. The van der Waals surface area contributed by atoms with Crippen molar-refractivity contribution in [2.24, 2.45) is 5.41 Å². The Kier molecular flexibility index (Phi) is 6.49. The number of nitrogens with one attached hydrogen (secondary N) is 1. The van der Waals surface area contributed by atoms with E-state index in [1.165, 1.54) is 6.26 Å². The van der Waals surface area contributed by atoms with Crippen LogP contribution in [0.1, 0.15) is 68.3 Å². The molecule has 0 unspecified atom stereocenters. The summed E-state index contributed by atoms with van der Waals surface area (Å²) in [4.78, 5) is 27.2. The highest BCUT2D eigenvalue weighted by Crippen LogP contribution is 2.49. The van der Waals surface area contributed by atoms with Crippen molar-refractivity contribution in [1.29, 1.82) is 0 Å². The summed E-state index contributed by atoms with van der Waals surface area (Å²) in [5, 5.41) is 3.85. The van der Waals surface area contributed by atoms with Crippen molar-refractivity contribution in [2.75, 3.05) is 6.26 Å². The van der Waals surface area contributed by atoms with Crippen LogP contribution >= 0.6 is 0 Å². The predicted octanol–water partition coefficient (Wildman–Crippen LogP) is 5.70. The minimum absolute atomic E-state index is 0.0362. The van der Waals surface area contributed by atoms with E-state index in [9.17, 15) is 18.0 Å². The summed E-state index contributed by atoms with van der Waals surface area (Å²) >= 11 is 0. The van der Waals surface area contributed by atoms with Crippen molar-refractivity contribution in [1.82, 2.24) is 5.32 Å². The predicted molar refractivity (Wildman–Crippen MR) is 143 cm³/mol. The third-order valence-corrected chi connectivity index (χ3v) is 8.99. The van der Waals surface area contributed by atoms with Crippen LogP contribution in [0.3, 0.4) is 0 Å². The first-order valence-electron chi connectivity index (χ1n) is 12.8. The minimum atomic E-state index is -3.27. The van der Waals surface area contributed by atoms with Gasteiger partial charge < -0.3 is 9.73 Å². The Balaban J connectivity index is 1.39. The summed E-state index contributed by atoms with van der Waals surface area (Å²) in [5.74, 6) is 2.61. The monoisotopic (exact) mass is 517 g/mol. The van der Waals surface area contributed by atoms with Gasteiger partial charge in [0.05, 0.1) is 10.4 Å². The lowest BCUT2D eigenvalue weighted by atomic mass is 9.80. The molecule has 2 fully saturated rings. The van der Waals surface area contributed by atoms with Gasteiger partial charge >= 0.3 is 0 Å². The SMILES string of the molecule is C#CC1(CC(=O)C2(NC(=O)c3cc4ccc(-c5ccc(S(C)(=O)=O)cc5)cc4o3)CCCCCC2)CC1. The summed E-state index contributed by atoms with van der Waals surface area (Å²) < 4.78 is 29.5. The van der Waals surface area contributed by atoms with Gasteiger partial charge in [0.2, 0.25) is 0 Å². The molecule has 2 aliphatic carbocycles. The van der Waals surface area contributed by atoms with E-state index >= 15 is 0 Å². The Morgan fingerprint density at radius 1 is 0.946 bits per heavy atom. The molecule has 0 bridgehead atoms. The molecular weight excluding hydrogens is 486 g/mol. The third-order valence-electron chi connectivity index (χ3n) is 7.86. The van der Waals surface area contributed by atoms with Crippen LogP contribution in [-0.2, 0) is 14.6 Å². The first-order valence-corrected chi connectivity index (χ1v) is 14.7. The maximum absolute atomic E-state index is 13.5. The average Bonchev–Trinajstić information content (AvgIpc) is 3.58. The van der Waals surface area contributed by atoms with Crippen molar-refractivity contribution in [3.8, 4) is 23.5 Å². The van der Waals surface area contributed by atoms with Gasteiger partial charge in [0.15, 0.2) is 21.4 Å². The first kappa shape index (κ1) is 25.3. The molecule has 37 heavy (non-hydrogen) atoms. The number of benzene rings is 2. The van der Waals surface area contributed by atoms with Gasteiger partial charge in [-0.25, -0.2) is 8.42 Å². The molecule has 3 aromatic rings. The summed E-state index contributed by atoms with van der Waals surface area (Å²) in [6.07, 6.45) is 14.0. The maximum atomic E-state index is 13.5. The molecule has 1 heterocycles. The molecule has 0 aliphatic heterocycles. The summed E-state index contributed by atoms with van der Waals surface area (Å²) in [5.41, 5.74) is 0.970. The van der Waals surface area contributed by atoms with E-state index in [2.05, 4.69) is 11.2 Å². The van der Waals surface area contributed by atoms with Crippen LogP contribution in [0.5, 0.6) is 0 Å². The molecule has 1 aromatic heterocycles. The second-order valence-electron chi connectivity index (χ2n) is 10.6. The van der Waals surface area contributed by atoms with Crippen molar-refractivity contribution in [3.63, 3.8) is 0 Å². The number of hydrogen-bond acceptors (Lipinski definition) is 5. The second kappa shape index (κ2) is 9.50.